The molecule has 23 heavy (non-hydrogen) atoms. The van der Waals surface area contributed by atoms with Crippen molar-refractivity contribution in [3.8, 4) is 0 Å². The highest BCUT2D eigenvalue weighted by Gasteiger charge is 1.99. The first kappa shape index (κ1) is 21.5. The third-order valence-electron chi connectivity index (χ3n) is 3.81. The summed E-state index contributed by atoms with van der Waals surface area (Å²) in [6.07, 6.45) is 24.3. The monoisotopic (exact) mass is 322 g/mol. The number of aliphatic hydroxyl groups is 1. The second-order valence-electron chi connectivity index (χ2n) is 5.99. The summed E-state index contributed by atoms with van der Waals surface area (Å²) in [6.45, 7) is 2.26. The van der Waals surface area contributed by atoms with Crippen molar-refractivity contribution in [1.82, 2.24) is 0 Å². The molecule has 0 heterocycles. The molecule has 132 valence electrons. The Balaban J connectivity index is 3.33. The van der Waals surface area contributed by atoms with Crippen LogP contribution in [0.3, 0.4) is 0 Å². The van der Waals surface area contributed by atoms with Gasteiger partial charge in [-0.05, 0) is 18.9 Å². The molecule has 0 amide bonds. The first-order valence-corrected chi connectivity index (χ1v) is 9.14. The maximum atomic E-state index is 10.3. The zero-order chi connectivity index (χ0) is 17.2. The summed E-state index contributed by atoms with van der Waals surface area (Å²) in [5, 5.41) is 17.4. The van der Waals surface area contributed by atoms with Gasteiger partial charge in [-0.1, -0.05) is 95.4 Å². The number of unbranched alkanes of at least 4 members (excludes halogenated alkanes) is 11. The quantitative estimate of drug-likeness (QED) is 0.160. The van der Waals surface area contributed by atoms with Crippen molar-refractivity contribution in [1.29, 1.82) is 0 Å². The van der Waals surface area contributed by atoms with Gasteiger partial charge in [0.15, 0.2) is 0 Å². The van der Waals surface area contributed by atoms with Crippen LogP contribution in [0.5, 0.6) is 0 Å². The summed E-state index contributed by atoms with van der Waals surface area (Å²) in [5.41, 5.74) is 0. The highest BCUT2D eigenvalue weighted by molar-refractivity contribution is 5.83. The summed E-state index contributed by atoms with van der Waals surface area (Å²) in [6, 6.07) is 0. The Morgan fingerprint density at radius 3 is 1.78 bits per heavy atom. The van der Waals surface area contributed by atoms with Gasteiger partial charge in [0.1, 0.15) is 0 Å². The van der Waals surface area contributed by atoms with E-state index in [-0.39, 0.29) is 0 Å². The van der Waals surface area contributed by atoms with Gasteiger partial charge in [0.25, 0.3) is 0 Å². The number of allylic oxidation sites excluding steroid dienone is 5. The molecule has 0 saturated heterocycles. The summed E-state index contributed by atoms with van der Waals surface area (Å²) in [5.74, 6) is -1.94. The van der Waals surface area contributed by atoms with Crippen LogP contribution in [0.25, 0.3) is 0 Å². The number of aliphatic carboxylic acids is 1. The van der Waals surface area contributed by atoms with Crippen molar-refractivity contribution >= 4 is 5.97 Å². The highest BCUT2D eigenvalue weighted by atomic mass is 16.4. The molecule has 2 N–H and O–H groups in total. The molecule has 0 aliphatic heterocycles. The number of hydrogen-bond acceptors (Lipinski definition) is 2. The molecular formula is C20H34O3. The fourth-order valence-corrected chi connectivity index (χ4v) is 2.38. The van der Waals surface area contributed by atoms with Gasteiger partial charge >= 0.3 is 5.97 Å². The van der Waals surface area contributed by atoms with Crippen LogP contribution in [0.2, 0.25) is 0 Å². The molecule has 0 unspecified atom stereocenters. The van der Waals surface area contributed by atoms with Gasteiger partial charge in [-0.25, -0.2) is 4.79 Å². The molecule has 0 aromatic rings. The maximum Gasteiger partial charge on any atom is 0.370 e. The number of aliphatic hydroxyl groups excluding tert-OH is 1. The van der Waals surface area contributed by atoms with Crippen molar-refractivity contribution in [2.45, 2.75) is 84.0 Å². The molecule has 0 aromatic carbocycles. The lowest BCUT2D eigenvalue weighted by Gasteiger charge is -2.01. The van der Waals surface area contributed by atoms with Gasteiger partial charge in [0, 0.05) is 0 Å². The summed E-state index contributed by atoms with van der Waals surface area (Å²) in [4.78, 5) is 10.3. The van der Waals surface area contributed by atoms with E-state index >= 15 is 0 Å². The third kappa shape index (κ3) is 16.7. The van der Waals surface area contributed by atoms with Crippen LogP contribution in [0.1, 0.15) is 84.0 Å². The van der Waals surface area contributed by atoms with Gasteiger partial charge in [-0.3, -0.25) is 0 Å². The van der Waals surface area contributed by atoms with Crippen LogP contribution in [-0.4, -0.2) is 16.2 Å². The lowest BCUT2D eigenvalue weighted by atomic mass is 10.1. The number of rotatable bonds is 15. The van der Waals surface area contributed by atoms with E-state index in [1.54, 1.807) is 6.08 Å². The van der Waals surface area contributed by atoms with Crippen molar-refractivity contribution < 1.29 is 15.0 Å². The minimum absolute atomic E-state index is 0.639. The van der Waals surface area contributed by atoms with E-state index in [2.05, 4.69) is 13.0 Å². The second kappa shape index (κ2) is 16.9. The molecule has 0 atom stereocenters. The molecule has 0 radical (unpaired) electrons. The van der Waals surface area contributed by atoms with Crippen LogP contribution in [0.4, 0.5) is 0 Å². The fraction of sp³-hybridized carbons (Fsp3) is 0.650. The van der Waals surface area contributed by atoms with Crippen molar-refractivity contribution in [2.24, 2.45) is 0 Å². The van der Waals surface area contributed by atoms with E-state index in [9.17, 15) is 4.79 Å². The zero-order valence-electron chi connectivity index (χ0n) is 14.7. The summed E-state index contributed by atoms with van der Waals surface area (Å²) < 4.78 is 0. The van der Waals surface area contributed by atoms with Crippen LogP contribution < -0.4 is 0 Å². The summed E-state index contributed by atoms with van der Waals surface area (Å²) in [7, 11) is 0. The molecule has 0 saturated carbocycles. The van der Waals surface area contributed by atoms with Gasteiger partial charge in [-0.15, -0.1) is 0 Å². The minimum Gasteiger partial charge on any atom is -0.502 e. The van der Waals surface area contributed by atoms with E-state index in [0.717, 1.165) is 6.42 Å². The van der Waals surface area contributed by atoms with Crippen molar-refractivity contribution in [2.75, 3.05) is 0 Å². The predicted molar refractivity (Wildman–Crippen MR) is 97.7 cm³/mol. The van der Waals surface area contributed by atoms with Crippen LogP contribution >= 0.6 is 0 Å². The Bertz CT molecular complexity index is 367. The average Bonchev–Trinajstić information content (AvgIpc) is 2.54. The normalized spacial score (nSPS) is 12.5. The van der Waals surface area contributed by atoms with Gasteiger partial charge in [-0.2, -0.15) is 0 Å². The van der Waals surface area contributed by atoms with Gasteiger partial charge < -0.3 is 10.2 Å². The topological polar surface area (TPSA) is 57.5 Å². The molecule has 0 spiro atoms. The Kier molecular flexibility index (Phi) is 15.7. The van der Waals surface area contributed by atoms with Crippen molar-refractivity contribution in [3.63, 3.8) is 0 Å². The third-order valence-corrected chi connectivity index (χ3v) is 3.81. The number of carbonyl (C=O) groups is 1. The summed E-state index contributed by atoms with van der Waals surface area (Å²) >= 11 is 0. The van der Waals surface area contributed by atoms with Crippen LogP contribution in [0.15, 0.2) is 36.1 Å². The zero-order valence-corrected chi connectivity index (χ0v) is 14.7. The molecule has 0 fully saturated rings. The smallest absolute Gasteiger partial charge is 0.370 e. The molecule has 0 bridgehead atoms. The molecule has 3 nitrogen and oxygen atoms in total. The Hall–Kier alpha value is -1.51. The second-order valence-corrected chi connectivity index (χ2v) is 5.99. The standard InChI is InChI=1S/C20H34O3/c1-2-3-4-5-6-7-8-9-10-11-12-13-14-15-16-17-18-19(21)20(22)23/h14-18,21H,2-13H2,1H3,(H,22,23). The van der Waals surface area contributed by atoms with E-state index in [1.165, 1.54) is 82.8 Å². The first-order chi connectivity index (χ1) is 11.2. The molecule has 0 aromatic heterocycles. The lowest BCUT2D eigenvalue weighted by Crippen LogP contribution is -1.97. The Labute approximate surface area is 141 Å². The number of hydrogen-bond donors (Lipinski definition) is 2. The van der Waals surface area contributed by atoms with Crippen molar-refractivity contribution in [3.05, 3.63) is 36.1 Å². The van der Waals surface area contributed by atoms with Crippen LogP contribution in [0, 0.1) is 0 Å². The Morgan fingerprint density at radius 1 is 0.739 bits per heavy atom. The average molecular weight is 322 g/mol. The van der Waals surface area contributed by atoms with Gasteiger partial charge in [0.05, 0.1) is 0 Å². The SMILES string of the molecule is CCCCCCCCCCCCCC=CC=CC=C(O)C(=O)O. The van der Waals surface area contributed by atoms with E-state index in [4.69, 9.17) is 10.2 Å². The molecule has 0 rings (SSSR count). The lowest BCUT2D eigenvalue weighted by molar-refractivity contribution is -0.135. The van der Waals surface area contributed by atoms with E-state index < -0.39 is 11.7 Å². The largest absolute Gasteiger partial charge is 0.502 e. The predicted octanol–water partition coefficient (Wildman–Crippen LogP) is 6.33. The molecule has 0 aliphatic carbocycles. The molecule has 0 aliphatic rings. The fourth-order valence-electron chi connectivity index (χ4n) is 2.38. The Morgan fingerprint density at radius 2 is 1.26 bits per heavy atom. The minimum atomic E-state index is -1.31. The number of carboxylic acid groups (broad SMARTS) is 1. The van der Waals surface area contributed by atoms with Crippen LogP contribution in [-0.2, 0) is 4.79 Å². The first-order valence-electron chi connectivity index (χ1n) is 9.14. The molecular weight excluding hydrogens is 288 g/mol. The van der Waals surface area contributed by atoms with Gasteiger partial charge in [0.2, 0.25) is 5.76 Å². The van der Waals surface area contributed by atoms with E-state index in [0.29, 0.717) is 0 Å². The highest BCUT2D eigenvalue weighted by Crippen LogP contribution is 2.11. The van der Waals surface area contributed by atoms with E-state index in [1.807, 2.05) is 6.08 Å². The maximum absolute atomic E-state index is 10.3. The number of carboxylic acids is 1. The molecule has 3 heteroatoms.